The van der Waals surface area contributed by atoms with Crippen LogP contribution < -0.4 is 10.6 Å². The number of halogens is 1. The van der Waals surface area contributed by atoms with Gasteiger partial charge in [0.2, 0.25) is 5.91 Å². The molecule has 0 atom stereocenters. The van der Waals surface area contributed by atoms with E-state index in [1.54, 1.807) is 0 Å². The molecule has 0 aromatic heterocycles. The molecule has 25 heavy (non-hydrogen) atoms. The fraction of sp³-hybridized carbons (Fsp3) is 0.579. The maximum atomic E-state index is 12.3. The van der Waals surface area contributed by atoms with E-state index in [-0.39, 0.29) is 11.4 Å². The number of hydrogen-bond donors (Lipinski definition) is 2. The van der Waals surface area contributed by atoms with Crippen LogP contribution >= 0.6 is 11.6 Å². The van der Waals surface area contributed by atoms with Gasteiger partial charge in [-0.25, -0.2) is 4.79 Å². The first-order chi connectivity index (χ1) is 11.7. The quantitative estimate of drug-likeness (QED) is 0.743. The number of ether oxygens (including phenoxy) is 1. The molecule has 6 heteroatoms. The molecule has 1 fully saturated rings. The van der Waals surface area contributed by atoms with Crippen LogP contribution in [0, 0.1) is 0 Å². The fourth-order valence-electron chi connectivity index (χ4n) is 2.87. The molecular formula is C19H27ClN2O3. The van der Waals surface area contributed by atoms with E-state index in [1.165, 1.54) is 0 Å². The third-order valence-electron chi connectivity index (χ3n) is 4.23. The zero-order valence-corrected chi connectivity index (χ0v) is 15.9. The Kier molecular flexibility index (Phi) is 6.33. The molecule has 1 aliphatic rings. The normalized spacial score (nSPS) is 15.8. The van der Waals surface area contributed by atoms with Gasteiger partial charge in [-0.3, -0.25) is 4.79 Å². The first-order valence-electron chi connectivity index (χ1n) is 8.74. The highest BCUT2D eigenvalue weighted by molar-refractivity contribution is 6.30. The molecule has 1 aliphatic carbocycles. The molecule has 0 aliphatic heterocycles. The van der Waals surface area contributed by atoms with Crippen molar-refractivity contribution in [1.82, 2.24) is 10.6 Å². The van der Waals surface area contributed by atoms with Crippen LogP contribution in [0.25, 0.3) is 0 Å². The van der Waals surface area contributed by atoms with E-state index in [2.05, 4.69) is 10.6 Å². The predicted molar refractivity (Wildman–Crippen MR) is 98.6 cm³/mol. The van der Waals surface area contributed by atoms with Crippen LogP contribution in [0.2, 0.25) is 5.02 Å². The first-order valence-corrected chi connectivity index (χ1v) is 9.12. The summed E-state index contributed by atoms with van der Waals surface area (Å²) >= 11 is 5.95. The van der Waals surface area contributed by atoms with Crippen molar-refractivity contribution in [2.24, 2.45) is 0 Å². The van der Waals surface area contributed by atoms with Crippen molar-refractivity contribution < 1.29 is 14.3 Å². The minimum absolute atomic E-state index is 0.000591. The van der Waals surface area contributed by atoms with Crippen LogP contribution in [0.5, 0.6) is 0 Å². The molecule has 1 aromatic rings. The fourth-order valence-corrected chi connectivity index (χ4v) is 2.99. The topological polar surface area (TPSA) is 67.4 Å². The van der Waals surface area contributed by atoms with Gasteiger partial charge in [-0.1, -0.05) is 23.7 Å². The van der Waals surface area contributed by atoms with E-state index in [0.29, 0.717) is 24.4 Å². The minimum atomic E-state index is -0.517. The van der Waals surface area contributed by atoms with Crippen LogP contribution in [0.1, 0.15) is 58.4 Å². The maximum absolute atomic E-state index is 12.3. The molecule has 1 aromatic carbocycles. The third-order valence-corrected chi connectivity index (χ3v) is 4.48. The monoisotopic (exact) mass is 366 g/mol. The summed E-state index contributed by atoms with van der Waals surface area (Å²) in [5.41, 5.74) is 0.320. The highest BCUT2D eigenvalue weighted by atomic mass is 35.5. The molecule has 2 amide bonds. The number of alkyl carbamates (subject to hydrolysis) is 1. The van der Waals surface area contributed by atoms with E-state index in [9.17, 15) is 9.59 Å². The zero-order chi connectivity index (χ0) is 18.5. The Hall–Kier alpha value is -1.75. The SMILES string of the molecule is CC(C)(C)OC(=O)NCCCC(=O)NC1(c2ccc(Cl)cc2)CCC1. The summed E-state index contributed by atoms with van der Waals surface area (Å²) in [6.45, 7) is 5.86. The molecule has 5 nitrogen and oxygen atoms in total. The first kappa shape index (κ1) is 19.6. The lowest BCUT2D eigenvalue weighted by Crippen LogP contribution is -2.50. The van der Waals surface area contributed by atoms with Gasteiger partial charge in [-0.15, -0.1) is 0 Å². The van der Waals surface area contributed by atoms with Crippen LogP contribution in [0.15, 0.2) is 24.3 Å². The lowest BCUT2D eigenvalue weighted by molar-refractivity contribution is -0.124. The van der Waals surface area contributed by atoms with Crippen molar-refractivity contribution in [2.75, 3.05) is 6.54 Å². The number of carbonyl (C=O) groups is 2. The van der Waals surface area contributed by atoms with Gasteiger partial charge in [0.1, 0.15) is 5.60 Å². The van der Waals surface area contributed by atoms with Gasteiger partial charge >= 0.3 is 6.09 Å². The predicted octanol–water partition coefficient (Wildman–Crippen LogP) is 4.14. The number of amides is 2. The Bertz CT molecular complexity index is 604. The van der Waals surface area contributed by atoms with Crippen LogP contribution in [0.3, 0.4) is 0 Å². The smallest absolute Gasteiger partial charge is 0.407 e. The molecule has 0 unspecified atom stereocenters. The van der Waals surface area contributed by atoms with E-state index in [0.717, 1.165) is 24.8 Å². The van der Waals surface area contributed by atoms with Crippen molar-refractivity contribution in [3.05, 3.63) is 34.9 Å². The highest BCUT2D eigenvalue weighted by Gasteiger charge is 2.39. The average molecular weight is 367 g/mol. The second-order valence-corrected chi connectivity index (χ2v) is 7.96. The molecule has 0 radical (unpaired) electrons. The van der Waals surface area contributed by atoms with Crippen LogP contribution in [-0.2, 0) is 15.1 Å². The number of carbonyl (C=O) groups excluding carboxylic acids is 2. The lowest BCUT2D eigenvalue weighted by Gasteiger charge is -2.43. The summed E-state index contributed by atoms with van der Waals surface area (Å²) in [5, 5.41) is 6.53. The van der Waals surface area contributed by atoms with E-state index < -0.39 is 11.7 Å². The molecule has 0 heterocycles. The Labute approximate surface area is 154 Å². The summed E-state index contributed by atoms with van der Waals surface area (Å²) in [6, 6.07) is 7.67. The number of benzene rings is 1. The summed E-state index contributed by atoms with van der Waals surface area (Å²) in [4.78, 5) is 23.8. The average Bonchev–Trinajstić information content (AvgIpc) is 2.47. The van der Waals surface area contributed by atoms with Gasteiger partial charge in [-0.2, -0.15) is 0 Å². The van der Waals surface area contributed by atoms with E-state index >= 15 is 0 Å². The molecular weight excluding hydrogens is 340 g/mol. The molecule has 0 bridgehead atoms. The van der Waals surface area contributed by atoms with E-state index in [4.69, 9.17) is 16.3 Å². The molecule has 0 spiro atoms. The number of nitrogens with one attached hydrogen (secondary N) is 2. The number of hydrogen-bond acceptors (Lipinski definition) is 3. The Balaban J connectivity index is 1.76. The molecule has 0 saturated heterocycles. The van der Waals surface area contributed by atoms with Crippen molar-refractivity contribution >= 4 is 23.6 Å². The zero-order valence-electron chi connectivity index (χ0n) is 15.2. The minimum Gasteiger partial charge on any atom is -0.444 e. The van der Waals surface area contributed by atoms with E-state index in [1.807, 2.05) is 45.0 Å². The van der Waals surface area contributed by atoms with Crippen molar-refractivity contribution in [1.29, 1.82) is 0 Å². The molecule has 1 saturated carbocycles. The molecule has 2 N–H and O–H groups in total. The molecule has 2 rings (SSSR count). The van der Waals surface area contributed by atoms with Gasteiger partial charge in [0.25, 0.3) is 0 Å². The summed E-state index contributed by atoms with van der Waals surface area (Å²) in [6.07, 6.45) is 3.47. The second-order valence-electron chi connectivity index (χ2n) is 7.52. The summed E-state index contributed by atoms with van der Waals surface area (Å²) < 4.78 is 5.16. The van der Waals surface area contributed by atoms with Crippen molar-refractivity contribution in [3.8, 4) is 0 Å². The van der Waals surface area contributed by atoms with Gasteiger partial charge in [-0.05, 0) is 64.2 Å². The van der Waals surface area contributed by atoms with Crippen LogP contribution in [-0.4, -0.2) is 24.1 Å². The largest absolute Gasteiger partial charge is 0.444 e. The molecule has 138 valence electrons. The maximum Gasteiger partial charge on any atom is 0.407 e. The third kappa shape index (κ3) is 5.92. The highest BCUT2D eigenvalue weighted by Crippen LogP contribution is 2.41. The van der Waals surface area contributed by atoms with Gasteiger partial charge < -0.3 is 15.4 Å². The lowest BCUT2D eigenvalue weighted by atomic mass is 9.71. The van der Waals surface area contributed by atoms with Crippen LogP contribution in [0.4, 0.5) is 4.79 Å². The second kappa shape index (κ2) is 8.09. The number of rotatable bonds is 6. The van der Waals surface area contributed by atoms with Gasteiger partial charge in [0.05, 0.1) is 5.54 Å². The summed E-state index contributed by atoms with van der Waals surface area (Å²) in [7, 11) is 0. The standard InChI is InChI=1S/C19H27ClN2O3/c1-18(2,3)25-17(24)21-13-4-6-16(23)22-19(11-5-12-19)14-7-9-15(20)10-8-14/h7-10H,4-6,11-13H2,1-3H3,(H,21,24)(H,22,23). The Morgan fingerprint density at radius 1 is 1.20 bits per heavy atom. The van der Waals surface area contributed by atoms with Gasteiger partial charge in [0, 0.05) is 18.0 Å². The summed E-state index contributed by atoms with van der Waals surface area (Å²) in [5.74, 6) is 0.000591. The van der Waals surface area contributed by atoms with Crippen molar-refractivity contribution in [2.45, 2.75) is 64.0 Å². The Morgan fingerprint density at radius 3 is 2.36 bits per heavy atom. The Morgan fingerprint density at radius 2 is 1.84 bits per heavy atom. The van der Waals surface area contributed by atoms with Gasteiger partial charge in [0.15, 0.2) is 0 Å². The van der Waals surface area contributed by atoms with Crippen molar-refractivity contribution in [3.63, 3.8) is 0 Å².